The summed E-state index contributed by atoms with van der Waals surface area (Å²) in [5, 5.41) is 9.97. The van der Waals surface area contributed by atoms with Crippen molar-refractivity contribution in [1.82, 2.24) is 5.06 Å². The van der Waals surface area contributed by atoms with Crippen LogP contribution in [0.25, 0.3) is 0 Å². The fraction of sp³-hybridized carbons (Fsp3) is 0.778. The van der Waals surface area contributed by atoms with Crippen LogP contribution in [0.4, 0.5) is 0 Å². The van der Waals surface area contributed by atoms with Crippen molar-refractivity contribution in [1.29, 1.82) is 0 Å². The predicted molar refractivity (Wildman–Crippen MR) is 49.3 cm³/mol. The lowest BCUT2D eigenvalue weighted by molar-refractivity contribution is -0.224. The maximum atomic E-state index is 11.1. The molecule has 15 heavy (non-hydrogen) atoms. The molecular weight excluding hydrogens is 202 g/mol. The maximum absolute atomic E-state index is 11.1. The van der Waals surface area contributed by atoms with Gasteiger partial charge in [0, 0.05) is 12.8 Å². The molecule has 1 fully saturated rings. The van der Waals surface area contributed by atoms with Gasteiger partial charge in [0.1, 0.15) is 6.61 Å². The van der Waals surface area contributed by atoms with E-state index in [9.17, 15) is 14.7 Å². The highest BCUT2D eigenvalue weighted by atomic mass is 16.7. The van der Waals surface area contributed by atoms with E-state index in [1.807, 2.05) is 0 Å². The zero-order chi connectivity index (χ0) is 11.4. The SMILES string of the molecule is CC(C)OCC(=O)ON1C(=O)CCC1O. The molecule has 0 bridgehead atoms. The highest BCUT2D eigenvalue weighted by molar-refractivity contribution is 5.80. The van der Waals surface area contributed by atoms with E-state index in [4.69, 9.17) is 4.74 Å². The summed E-state index contributed by atoms with van der Waals surface area (Å²) in [6.07, 6.45) is -0.631. The first-order valence-electron chi connectivity index (χ1n) is 4.83. The summed E-state index contributed by atoms with van der Waals surface area (Å²) in [7, 11) is 0. The number of hydroxylamine groups is 2. The van der Waals surface area contributed by atoms with Gasteiger partial charge >= 0.3 is 5.97 Å². The Labute approximate surface area is 87.7 Å². The topological polar surface area (TPSA) is 76.1 Å². The van der Waals surface area contributed by atoms with E-state index in [0.29, 0.717) is 5.06 Å². The average molecular weight is 217 g/mol. The molecule has 0 aromatic carbocycles. The van der Waals surface area contributed by atoms with Crippen molar-refractivity contribution in [2.75, 3.05) is 6.61 Å². The van der Waals surface area contributed by atoms with E-state index in [-0.39, 0.29) is 31.5 Å². The minimum Gasteiger partial charge on any atom is -0.370 e. The molecule has 86 valence electrons. The van der Waals surface area contributed by atoms with Gasteiger partial charge in [0.25, 0.3) is 5.91 Å². The first-order chi connectivity index (χ1) is 7.00. The van der Waals surface area contributed by atoms with Gasteiger partial charge in [0.2, 0.25) is 0 Å². The second-order valence-electron chi connectivity index (χ2n) is 3.56. The lowest BCUT2D eigenvalue weighted by Gasteiger charge is -2.18. The lowest BCUT2D eigenvalue weighted by atomic mass is 10.4. The monoisotopic (exact) mass is 217 g/mol. The van der Waals surface area contributed by atoms with Crippen LogP contribution < -0.4 is 0 Å². The summed E-state index contributed by atoms with van der Waals surface area (Å²) in [6, 6.07) is 0. The summed E-state index contributed by atoms with van der Waals surface area (Å²) in [5.41, 5.74) is 0. The Morgan fingerprint density at radius 2 is 2.33 bits per heavy atom. The molecule has 1 atom stereocenters. The number of carbonyl (C=O) groups is 2. The van der Waals surface area contributed by atoms with Gasteiger partial charge in [-0.15, -0.1) is 5.06 Å². The van der Waals surface area contributed by atoms with Crippen LogP contribution in [0.5, 0.6) is 0 Å². The van der Waals surface area contributed by atoms with Crippen LogP contribution in [0.3, 0.4) is 0 Å². The molecule has 0 spiro atoms. The number of carbonyl (C=O) groups excluding carboxylic acids is 2. The number of hydrogen-bond acceptors (Lipinski definition) is 5. The van der Waals surface area contributed by atoms with Crippen LogP contribution in [0, 0.1) is 0 Å². The molecular formula is C9H15NO5. The predicted octanol–water partition coefficient (Wildman–Crippen LogP) is -0.190. The molecule has 0 aromatic rings. The normalized spacial score (nSPS) is 21.2. The van der Waals surface area contributed by atoms with Gasteiger partial charge < -0.3 is 14.7 Å². The van der Waals surface area contributed by atoms with Gasteiger partial charge in [-0.3, -0.25) is 4.79 Å². The third-order valence-corrected chi connectivity index (χ3v) is 1.87. The van der Waals surface area contributed by atoms with Crippen molar-refractivity contribution in [2.24, 2.45) is 0 Å². The second kappa shape index (κ2) is 5.09. The number of ether oxygens (including phenoxy) is 1. The van der Waals surface area contributed by atoms with Gasteiger partial charge in [-0.25, -0.2) is 4.79 Å². The van der Waals surface area contributed by atoms with Gasteiger partial charge in [-0.1, -0.05) is 0 Å². The van der Waals surface area contributed by atoms with Crippen LogP contribution >= 0.6 is 0 Å². The van der Waals surface area contributed by atoms with Crippen molar-refractivity contribution in [3.63, 3.8) is 0 Å². The summed E-state index contributed by atoms with van der Waals surface area (Å²) in [6.45, 7) is 3.33. The summed E-state index contributed by atoms with van der Waals surface area (Å²) in [5.74, 6) is -1.07. The Balaban J connectivity index is 2.34. The molecule has 1 rings (SSSR count). The number of amides is 1. The zero-order valence-electron chi connectivity index (χ0n) is 8.80. The van der Waals surface area contributed by atoms with Crippen LogP contribution in [-0.4, -0.2) is 41.0 Å². The number of rotatable bonds is 4. The van der Waals surface area contributed by atoms with E-state index < -0.39 is 12.2 Å². The Morgan fingerprint density at radius 3 is 2.80 bits per heavy atom. The van der Waals surface area contributed by atoms with E-state index in [1.54, 1.807) is 13.8 Å². The molecule has 1 aliphatic rings. The standard InChI is InChI=1S/C9H15NO5/c1-6(2)14-5-9(13)15-10-7(11)3-4-8(10)12/h6-7,11H,3-5H2,1-2H3. The molecule has 1 N–H and O–H groups in total. The highest BCUT2D eigenvalue weighted by Gasteiger charge is 2.32. The quantitative estimate of drug-likeness (QED) is 0.706. The molecule has 0 radical (unpaired) electrons. The van der Waals surface area contributed by atoms with Crippen molar-refractivity contribution in [3.05, 3.63) is 0 Å². The third-order valence-electron chi connectivity index (χ3n) is 1.87. The van der Waals surface area contributed by atoms with Crippen molar-refractivity contribution in [3.8, 4) is 0 Å². The summed E-state index contributed by atoms with van der Waals surface area (Å²) in [4.78, 5) is 26.9. The van der Waals surface area contributed by atoms with Gasteiger partial charge in [0.15, 0.2) is 6.23 Å². The van der Waals surface area contributed by atoms with E-state index >= 15 is 0 Å². The first-order valence-corrected chi connectivity index (χ1v) is 4.83. The molecule has 1 heterocycles. The third kappa shape index (κ3) is 3.49. The van der Waals surface area contributed by atoms with Crippen molar-refractivity contribution < 1.29 is 24.3 Å². The molecule has 6 heteroatoms. The van der Waals surface area contributed by atoms with Gasteiger partial charge in [-0.2, -0.15) is 0 Å². The Hall–Kier alpha value is -1.14. The van der Waals surface area contributed by atoms with E-state index in [0.717, 1.165) is 0 Å². The fourth-order valence-electron chi connectivity index (χ4n) is 1.13. The summed E-state index contributed by atoms with van der Waals surface area (Å²) < 4.78 is 4.99. The molecule has 1 saturated heterocycles. The fourth-order valence-corrected chi connectivity index (χ4v) is 1.13. The molecule has 6 nitrogen and oxygen atoms in total. The molecule has 1 unspecified atom stereocenters. The van der Waals surface area contributed by atoms with Gasteiger partial charge in [-0.05, 0) is 13.8 Å². The molecule has 0 saturated carbocycles. The Morgan fingerprint density at radius 1 is 1.67 bits per heavy atom. The van der Waals surface area contributed by atoms with Gasteiger partial charge in [0.05, 0.1) is 6.10 Å². The first kappa shape index (κ1) is 11.9. The van der Waals surface area contributed by atoms with E-state index in [2.05, 4.69) is 4.84 Å². The number of aliphatic hydroxyl groups is 1. The van der Waals surface area contributed by atoms with Crippen LogP contribution in [0.15, 0.2) is 0 Å². The molecule has 0 aromatic heterocycles. The number of nitrogens with zero attached hydrogens (tertiary/aromatic N) is 1. The van der Waals surface area contributed by atoms with Crippen molar-refractivity contribution in [2.45, 2.75) is 39.0 Å². The zero-order valence-corrected chi connectivity index (χ0v) is 8.80. The molecule has 1 amide bonds. The average Bonchev–Trinajstić information content (AvgIpc) is 2.46. The van der Waals surface area contributed by atoms with Crippen LogP contribution in [0.2, 0.25) is 0 Å². The number of hydrogen-bond donors (Lipinski definition) is 1. The summed E-state index contributed by atoms with van der Waals surface area (Å²) >= 11 is 0. The van der Waals surface area contributed by atoms with Crippen molar-refractivity contribution >= 4 is 11.9 Å². The van der Waals surface area contributed by atoms with E-state index in [1.165, 1.54) is 0 Å². The minimum absolute atomic E-state index is 0.0863. The highest BCUT2D eigenvalue weighted by Crippen LogP contribution is 2.16. The largest absolute Gasteiger partial charge is 0.370 e. The molecule has 0 aliphatic carbocycles. The van der Waals surface area contributed by atoms with Crippen LogP contribution in [0.1, 0.15) is 26.7 Å². The molecule has 1 aliphatic heterocycles. The Kier molecular flexibility index (Phi) is 4.05. The maximum Gasteiger partial charge on any atom is 0.358 e. The second-order valence-corrected chi connectivity index (χ2v) is 3.56. The smallest absolute Gasteiger partial charge is 0.358 e. The minimum atomic E-state index is -1.03. The number of aliphatic hydroxyl groups excluding tert-OH is 1. The Bertz CT molecular complexity index is 253. The van der Waals surface area contributed by atoms with Crippen LogP contribution in [-0.2, 0) is 19.2 Å². The lowest BCUT2D eigenvalue weighted by Crippen LogP contribution is -2.36.